The predicted molar refractivity (Wildman–Crippen MR) is 153 cm³/mol. The number of nitrogens with zero attached hydrogens (tertiary/aromatic N) is 1. The largest absolute Gasteiger partial charge is 0.350 e. The summed E-state index contributed by atoms with van der Waals surface area (Å²) in [6, 6.07) is 6.16. The first-order valence-corrected chi connectivity index (χ1v) is 14.9. The second-order valence-electron chi connectivity index (χ2n) is 11.4. The zero-order valence-corrected chi connectivity index (χ0v) is 24.3. The summed E-state index contributed by atoms with van der Waals surface area (Å²) in [6.07, 6.45) is 3.06. The van der Waals surface area contributed by atoms with Gasteiger partial charge in [-0.15, -0.1) is 11.8 Å². The molecule has 39 heavy (non-hydrogen) atoms. The summed E-state index contributed by atoms with van der Waals surface area (Å²) in [4.78, 5) is 56.9. The van der Waals surface area contributed by atoms with E-state index in [4.69, 9.17) is 5.73 Å². The lowest BCUT2D eigenvalue weighted by molar-refractivity contribution is -0.137. The number of rotatable bonds is 8. The van der Waals surface area contributed by atoms with Gasteiger partial charge in [0, 0.05) is 16.2 Å². The summed E-state index contributed by atoms with van der Waals surface area (Å²) in [5.41, 5.74) is 5.16. The van der Waals surface area contributed by atoms with Gasteiger partial charge >= 0.3 is 0 Å². The normalized spacial score (nSPS) is 26.9. The second kappa shape index (κ2) is 14.1. The van der Waals surface area contributed by atoms with Crippen molar-refractivity contribution in [2.45, 2.75) is 100 Å². The highest BCUT2D eigenvalue weighted by atomic mass is 32.2. The molecule has 216 valence electrons. The second-order valence-corrected chi connectivity index (χ2v) is 12.5. The molecule has 2 heterocycles. The predicted octanol–water partition coefficient (Wildman–Crippen LogP) is 1.14. The van der Waals surface area contributed by atoms with Crippen molar-refractivity contribution < 1.29 is 19.2 Å². The van der Waals surface area contributed by atoms with Gasteiger partial charge in [-0.05, 0) is 85.0 Å². The van der Waals surface area contributed by atoms with E-state index in [1.165, 1.54) is 11.8 Å². The van der Waals surface area contributed by atoms with Gasteiger partial charge in [-0.3, -0.25) is 24.1 Å². The van der Waals surface area contributed by atoms with Crippen molar-refractivity contribution in [1.82, 2.24) is 26.2 Å². The number of benzene rings is 1. The fourth-order valence-corrected chi connectivity index (χ4v) is 6.03. The summed E-state index contributed by atoms with van der Waals surface area (Å²) in [6.45, 7) is 8.35. The Morgan fingerprint density at radius 2 is 1.77 bits per heavy atom. The molecule has 0 aliphatic carbocycles. The average Bonchev–Trinajstić information content (AvgIpc) is 3.35. The van der Waals surface area contributed by atoms with Gasteiger partial charge in [0.25, 0.3) is 0 Å². The van der Waals surface area contributed by atoms with Gasteiger partial charge in [-0.2, -0.15) is 0 Å². The monoisotopic (exact) mass is 560 g/mol. The van der Waals surface area contributed by atoms with E-state index >= 15 is 0 Å². The summed E-state index contributed by atoms with van der Waals surface area (Å²) in [5, 5.41) is 11.8. The molecule has 0 spiro atoms. The number of unbranched alkanes of at least 4 members (excludes halogenated alkanes) is 1. The van der Waals surface area contributed by atoms with Gasteiger partial charge in [0.2, 0.25) is 23.6 Å². The molecule has 2 aliphatic rings. The number of carbonyl (C=O) groups is 4. The lowest BCUT2D eigenvalue weighted by Gasteiger charge is -2.39. The third kappa shape index (κ3) is 8.94. The standard InChI is InChI=1S/C28H44N6O4S/c1-18-24(35)31-20(13-8-9-15-29)25(36)32-21(17-39-19-11-6-5-7-12-19)23(27(38)33-28(2,3)4)34-16-10-14-22(34)26(37)30-18/h5-7,11-12,18,20-23H,8-10,13-17,29H2,1-4H3,(H,30,37)(H,31,35)(H,32,36)(H,33,38)/t18-,20-,21-,22-,23-/m0/s1. The minimum Gasteiger partial charge on any atom is -0.350 e. The molecule has 11 heteroatoms. The van der Waals surface area contributed by atoms with E-state index in [0.717, 1.165) is 11.3 Å². The van der Waals surface area contributed by atoms with Crippen LogP contribution in [0.1, 0.15) is 59.8 Å². The zero-order valence-electron chi connectivity index (χ0n) is 23.5. The SMILES string of the molecule is C[C@@H]1NC(=O)[C@@H]2CCCN2[C@H](C(=O)NC(C)(C)C)[C@H](CSc2ccccc2)NC(=O)[C@H](CCCCN)NC1=O. The van der Waals surface area contributed by atoms with Crippen LogP contribution in [-0.2, 0) is 19.2 Å². The minimum absolute atomic E-state index is 0.241. The molecule has 2 aliphatic heterocycles. The fourth-order valence-electron chi connectivity index (χ4n) is 5.04. The maximum Gasteiger partial charge on any atom is 0.242 e. The number of hydrogen-bond acceptors (Lipinski definition) is 7. The lowest BCUT2D eigenvalue weighted by Crippen LogP contribution is -2.66. The minimum atomic E-state index is -0.824. The Labute approximate surface area is 236 Å². The Bertz CT molecular complexity index is 1000. The van der Waals surface area contributed by atoms with Gasteiger partial charge in [0.05, 0.1) is 12.1 Å². The maximum atomic E-state index is 13.9. The molecule has 1 aromatic rings. The molecule has 0 radical (unpaired) electrons. The van der Waals surface area contributed by atoms with E-state index in [0.29, 0.717) is 44.5 Å². The van der Waals surface area contributed by atoms with Crippen molar-refractivity contribution >= 4 is 35.4 Å². The van der Waals surface area contributed by atoms with Crippen molar-refractivity contribution in [1.29, 1.82) is 0 Å². The Morgan fingerprint density at radius 3 is 2.44 bits per heavy atom. The van der Waals surface area contributed by atoms with Gasteiger partial charge < -0.3 is 27.0 Å². The van der Waals surface area contributed by atoms with Crippen LogP contribution in [0.25, 0.3) is 0 Å². The number of nitrogens with two attached hydrogens (primary N) is 1. The Kier molecular flexibility index (Phi) is 11.2. The van der Waals surface area contributed by atoms with Crippen molar-refractivity contribution in [2.75, 3.05) is 18.8 Å². The Balaban J connectivity index is 2.02. The van der Waals surface area contributed by atoms with Crippen LogP contribution < -0.4 is 27.0 Å². The molecule has 2 saturated heterocycles. The third-order valence-corrected chi connectivity index (χ3v) is 8.07. The highest BCUT2D eigenvalue weighted by Gasteiger charge is 2.45. The zero-order chi connectivity index (χ0) is 28.6. The van der Waals surface area contributed by atoms with Gasteiger partial charge in [0.1, 0.15) is 18.1 Å². The molecule has 3 rings (SSSR count). The van der Waals surface area contributed by atoms with Crippen LogP contribution in [0.15, 0.2) is 35.2 Å². The van der Waals surface area contributed by atoms with Crippen LogP contribution in [0.3, 0.4) is 0 Å². The lowest BCUT2D eigenvalue weighted by atomic mass is 10.0. The quantitative estimate of drug-likeness (QED) is 0.237. The first kappa shape index (κ1) is 30.9. The van der Waals surface area contributed by atoms with E-state index in [9.17, 15) is 19.2 Å². The molecule has 5 atom stereocenters. The molecular weight excluding hydrogens is 516 g/mol. The van der Waals surface area contributed by atoms with Crippen molar-refractivity contribution in [3.05, 3.63) is 30.3 Å². The number of carbonyl (C=O) groups excluding carboxylic acids is 4. The molecule has 1 aromatic carbocycles. The third-order valence-electron chi connectivity index (χ3n) is 6.93. The number of hydrogen-bond donors (Lipinski definition) is 5. The van der Waals surface area contributed by atoms with Crippen LogP contribution in [-0.4, -0.2) is 83.1 Å². The van der Waals surface area contributed by atoms with Gasteiger partial charge in [0.15, 0.2) is 0 Å². The van der Waals surface area contributed by atoms with Crippen LogP contribution in [0.2, 0.25) is 0 Å². The van der Waals surface area contributed by atoms with E-state index < -0.39 is 41.7 Å². The highest BCUT2D eigenvalue weighted by molar-refractivity contribution is 7.99. The molecule has 0 unspecified atom stereocenters. The van der Waals surface area contributed by atoms with E-state index in [1.807, 2.05) is 56.0 Å². The summed E-state index contributed by atoms with van der Waals surface area (Å²) in [7, 11) is 0. The Morgan fingerprint density at radius 1 is 1.05 bits per heavy atom. The van der Waals surface area contributed by atoms with Crippen LogP contribution in [0.5, 0.6) is 0 Å². The Hall–Kier alpha value is -2.63. The van der Waals surface area contributed by atoms with E-state index in [2.05, 4.69) is 21.3 Å². The highest BCUT2D eigenvalue weighted by Crippen LogP contribution is 2.27. The van der Waals surface area contributed by atoms with Crippen LogP contribution in [0, 0.1) is 0 Å². The topological polar surface area (TPSA) is 146 Å². The van der Waals surface area contributed by atoms with Gasteiger partial charge in [-0.1, -0.05) is 18.2 Å². The van der Waals surface area contributed by atoms with Crippen molar-refractivity contribution in [3.8, 4) is 0 Å². The van der Waals surface area contributed by atoms with Crippen molar-refractivity contribution in [3.63, 3.8) is 0 Å². The first-order chi connectivity index (χ1) is 18.5. The molecular formula is C28H44N6O4S. The van der Waals surface area contributed by atoms with Crippen molar-refractivity contribution in [2.24, 2.45) is 5.73 Å². The maximum absolute atomic E-state index is 13.9. The van der Waals surface area contributed by atoms with Crippen LogP contribution >= 0.6 is 11.8 Å². The first-order valence-electron chi connectivity index (χ1n) is 13.9. The number of amides is 4. The summed E-state index contributed by atoms with van der Waals surface area (Å²) >= 11 is 1.54. The number of fused-ring (bicyclic) bond motifs is 1. The molecule has 0 aromatic heterocycles. The molecule has 0 bridgehead atoms. The summed E-state index contributed by atoms with van der Waals surface area (Å²) < 4.78 is 0. The smallest absolute Gasteiger partial charge is 0.242 e. The van der Waals surface area contributed by atoms with Crippen LogP contribution in [0.4, 0.5) is 0 Å². The van der Waals surface area contributed by atoms with Gasteiger partial charge in [-0.25, -0.2) is 0 Å². The molecule has 2 fully saturated rings. The molecule has 6 N–H and O–H groups in total. The molecule has 0 saturated carbocycles. The van der Waals surface area contributed by atoms with E-state index in [-0.39, 0.29) is 17.7 Å². The summed E-state index contributed by atoms with van der Waals surface area (Å²) in [5.74, 6) is -0.885. The fraction of sp³-hybridized carbons (Fsp3) is 0.643. The number of nitrogens with one attached hydrogen (secondary N) is 4. The molecule has 4 amide bonds. The van der Waals surface area contributed by atoms with E-state index in [1.54, 1.807) is 6.92 Å². The number of thioether (sulfide) groups is 1. The molecule has 10 nitrogen and oxygen atoms in total. The average molecular weight is 561 g/mol.